The van der Waals surface area contributed by atoms with Crippen LogP contribution in [0.25, 0.3) is 0 Å². The van der Waals surface area contributed by atoms with Gasteiger partial charge in [0.1, 0.15) is 4.90 Å². The molecule has 2 atom stereocenters. The second-order valence-electron chi connectivity index (χ2n) is 8.83. The summed E-state index contributed by atoms with van der Waals surface area (Å²) in [5.41, 5.74) is 1.24. The number of aliphatic hydroxyl groups is 1. The molecule has 3 N–H and O–H groups in total. The van der Waals surface area contributed by atoms with E-state index < -0.39 is 38.8 Å². The molecule has 0 saturated carbocycles. The number of benzene rings is 2. The Balaban J connectivity index is 1.60. The highest BCUT2D eigenvalue weighted by Crippen LogP contribution is 2.38. The van der Waals surface area contributed by atoms with Crippen LogP contribution in [0.15, 0.2) is 47.4 Å². The Morgan fingerprint density at radius 3 is 2.34 bits per heavy atom. The molecule has 1 aliphatic carbocycles. The summed E-state index contributed by atoms with van der Waals surface area (Å²) in [5.74, 6) is 0. The summed E-state index contributed by atoms with van der Waals surface area (Å²) in [7, 11) is -4.36. The van der Waals surface area contributed by atoms with E-state index in [1.54, 1.807) is 0 Å². The molecule has 1 aliphatic heterocycles. The number of rotatable bonds is 6. The number of ether oxygens (including phenoxy) is 1. The van der Waals surface area contributed by atoms with Crippen LogP contribution in [-0.2, 0) is 33.8 Å². The fourth-order valence-corrected chi connectivity index (χ4v) is 5.77. The quantitative estimate of drug-likeness (QED) is 0.604. The smallest absolute Gasteiger partial charge is 0.389 e. The number of halogens is 3. The van der Waals surface area contributed by atoms with E-state index in [0.717, 1.165) is 25.0 Å². The van der Waals surface area contributed by atoms with E-state index in [-0.39, 0.29) is 24.3 Å². The first-order valence-electron chi connectivity index (χ1n) is 10.3. The molecule has 2 aromatic rings. The highest BCUT2D eigenvalue weighted by Gasteiger charge is 2.37. The molecular weight excluding hydrogens is 445 g/mol. The van der Waals surface area contributed by atoms with Crippen molar-refractivity contribution in [3.63, 3.8) is 0 Å². The van der Waals surface area contributed by atoms with Gasteiger partial charge in [0.2, 0.25) is 10.0 Å². The summed E-state index contributed by atoms with van der Waals surface area (Å²) in [6.45, 7) is 2.34. The molecule has 0 aromatic heterocycles. The van der Waals surface area contributed by atoms with Gasteiger partial charge in [-0.25, -0.2) is 13.1 Å². The van der Waals surface area contributed by atoms with Gasteiger partial charge in [0, 0.05) is 6.54 Å². The lowest BCUT2D eigenvalue weighted by atomic mass is 9.87. The van der Waals surface area contributed by atoms with Crippen LogP contribution >= 0.6 is 0 Å². The van der Waals surface area contributed by atoms with Gasteiger partial charge in [0.25, 0.3) is 0 Å². The summed E-state index contributed by atoms with van der Waals surface area (Å²) in [5, 5.41) is 12.9. The average Bonchev–Trinajstić information content (AvgIpc) is 3.27. The van der Waals surface area contributed by atoms with E-state index in [9.17, 15) is 26.7 Å². The van der Waals surface area contributed by atoms with E-state index in [0.29, 0.717) is 12.6 Å². The number of hydrogen-bond donors (Lipinski definition) is 3. The molecule has 0 spiro atoms. The van der Waals surface area contributed by atoms with Crippen LogP contribution in [0.3, 0.4) is 0 Å². The van der Waals surface area contributed by atoms with Gasteiger partial charge < -0.3 is 15.2 Å². The van der Waals surface area contributed by atoms with Crippen molar-refractivity contribution in [1.82, 2.24) is 4.72 Å². The molecule has 1 fully saturated rings. The molecule has 2 aliphatic rings. The van der Waals surface area contributed by atoms with E-state index in [1.807, 2.05) is 24.3 Å². The minimum atomic E-state index is -4.70. The Bertz CT molecular complexity index is 1080. The van der Waals surface area contributed by atoms with Crippen molar-refractivity contribution >= 4 is 15.7 Å². The van der Waals surface area contributed by atoms with Crippen LogP contribution in [0.2, 0.25) is 0 Å². The van der Waals surface area contributed by atoms with Crippen LogP contribution < -0.4 is 10.0 Å². The second kappa shape index (κ2) is 8.33. The molecule has 1 heterocycles. The van der Waals surface area contributed by atoms with Gasteiger partial charge in [0.15, 0.2) is 0 Å². The standard InChI is InChI=1S/C22H25F3N2O4S/c1-21(9-14-4-2-3-5-15(14)10-21)13-26-17-7-6-16(22(23,24)25)8-20(17)32(29,30)27-18-11-31-12-19(18)28/h2-8,18-19,26-28H,9-13H2,1H3/t18-,19-/m1/s1. The van der Waals surface area contributed by atoms with E-state index >= 15 is 0 Å². The molecule has 0 bridgehead atoms. The number of hydrogen-bond acceptors (Lipinski definition) is 5. The SMILES string of the molecule is CC1(CNc2ccc(C(F)(F)F)cc2S(=O)(=O)N[C@@H]2COC[C@H]2O)Cc2ccccc2C1. The first-order valence-corrected chi connectivity index (χ1v) is 11.8. The molecule has 4 rings (SSSR count). The minimum Gasteiger partial charge on any atom is -0.389 e. The molecule has 0 radical (unpaired) electrons. The zero-order valence-corrected chi connectivity index (χ0v) is 18.3. The molecule has 10 heteroatoms. The Hall–Kier alpha value is -2.14. The molecule has 2 aromatic carbocycles. The summed E-state index contributed by atoms with van der Waals surface area (Å²) < 4.78 is 73.2. The average molecular weight is 471 g/mol. The van der Waals surface area contributed by atoms with Crippen molar-refractivity contribution in [3.8, 4) is 0 Å². The fourth-order valence-electron chi connectivity index (χ4n) is 4.30. The van der Waals surface area contributed by atoms with Gasteiger partial charge in [-0.05, 0) is 47.6 Å². The number of sulfonamides is 1. The van der Waals surface area contributed by atoms with Crippen molar-refractivity contribution in [2.24, 2.45) is 5.41 Å². The lowest BCUT2D eigenvalue weighted by Gasteiger charge is -2.26. The lowest BCUT2D eigenvalue weighted by molar-refractivity contribution is -0.137. The topological polar surface area (TPSA) is 87.7 Å². The summed E-state index contributed by atoms with van der Waals surface area (Å²) in [6.07, 6.45) is -4.20. The number of alkyl halides is 3. The Morgan fingerprint density at radius 1 is 1.12 bits per heavy atom. The third-order valence-electron chi connectivity index (χ3n) is 6.01. The zero-order valence-electron chi connectivity index (χ0n) is 17.4. The maximum absolute atomic E-state index is 13.3. The maximum atomic E-state index is 13.3. The molecular formula is C22H25F3N2O4S. The predicted octanol–water partition coefficient (Wildman–Crippen LogP) is 2.96. The largest absolute Gasteiger partial charge is 0.416 e. The van der Waals surface area contributed by atoms with Gasteiger partial charge in [-0.2, -0.15) is 13.2 Å². The first kappa shape index (κ1) is 23.0. The molecule has 174 valence electrons. The van der Waals surface area contributed by atoms with E-state index in [4.69, 9.17) is 4.74 Å². The third-order valence-corrected chi connectivity index (χ3v) is 7.54. The monoisotopic (exact) mass is 470 g/mol. The van der Waals surface area contributed by atoms with Crippen LogP contribution in [-0.4, -0.2) is 45.4 Å². The lowest BCUT2D eigenvalue weighted by Crippen LogP contribution is -2.42. The molecule has 1 saturated heterocycles. The summed E-state index contributed by atoms with van der Waals surface area (Å²) >= 11 is 0. The highest BCUT2D eigenvalue weighted by atomic mass is 32.2. The van der Waals surface area contributed by atoms with E-state index in [2.05, 4.69) is 17.0 Å². The van der Waals surface area contributed by atoms with Crippen LogP contribution in [0, 0.1) is 5.41 Å². The van der Waals surface area contributed by atoms with Gasteiger partial charge in [-0.15, -0.1) is 0 Å². The normalized spacial score (nSPS) is 22.7. The van der Waals surface area contributed by atoms with Crippen LogP contribution in [0.5, 0.6) is 0 Å². The van der Waals surface area contributed by atoms with E-state index in [1.165, 1.54) is 11.1 Å². The third kappa shape index (κ3) is 4.78. The number of nitrogens with one attached hydrogen (secondary N) is 2. The van der Waals surface area contributed by atoms with Crippen LogP contribution in [0.4, 0.5) is 18.9 Å². The molecule has 0 unspecified atom stereocenters. The van der Waals surface area contributed by atoms with Crippen molar-refractivity contribution < 1.29 is 31.4 Å². The number of aliphatic hydroxyl groups excluding tert-OH is 1. The summed E-state index contributed by atoms with van der Waals surface area (Å²) in [4.78, 5) is -0.509. The van der Waals surface area contributed by atoms with Gasteiger partial charge in [0.05, 0.1) is 36.6 Å². The van der Waals surface area contributed by atoms with Crippen molar-refractivity contribution in [2.45, 2.75) is 43.0 Å². The number of anilines is 1. The fraction of sp³-hybridized carbons (Fsp3) is 0.455. The van der Waals surface area contributed by atoms with Gasteiger partial charge in [-0.3, -0.25) is 0 Å². The second-order valence-corrected chi connectivity index (χ2v) is 10.5. The van der Waals surface area contributed by atoms with Crippen molar-refractivity contribution in [1.29, 1.82) is 0 Å². The maximum Gasteiger partial charge on any atom is 0.416 e. The minimum absolute atomic E-state index is 0.0419. The Morgan fingerprint density at radius 2 is 1.78 bits per heavy atom. The molecule has 32 heavy (non-hydrogen) atoms. The zero-order chi connectivity index (χ0) is 23.1. The number of fused-ring (bicyclic) bond motifs is 1. The molecule has 6 nitrogen and oxygen atoms in total. The Kier molecular flexibility index (Phi) is 6.00. The highest BCUT2D eigenvalue weighted by molar-refractivity contribution is 7.89. The van der Waals surface area contributed by atoms with Crippen molar-refractivity contribution in [3.05, 3.63) is 59.2 Å². The van der Waals surface area contributed by atoms with Gasteiger partial charge >= 0.3 is 6.18 Å². The predicted molar refractivity (Wildman–Crippen MR) is 113 cm³/mol. The van der Waals surface area contributed by atoms with Crippen LogP contribution in [0.1, 0.15) is 23.6 Å². The first-order chi connectivity index (χ1) is 15.0. The Labute approximate surface area is 184 Å². The van der Waals surface area contributed by atoms with Crippen molar-refractivity contribution in [2.75, 3.05) is 25.1 Å². The summed E-state index contributed by atoms with van der Waals surface area (Å²) in [6, 6.07) is 9.73. The van der Waals surface area contributed by atoms with Gasteiger partial charge in [-0.1, -0.05) is 31.2 Å². The molecule has 0 amide bonds.